The molecular formula is C21H29N5O. The maximum absolute atomic E-state index is 12.0. The Labute approximate surface area is 159 Å². The molecule has 0 aromatic carbocycles. The third kappa shape index (κ3) is 3.35. The first-order valence-corrected chi connectivity index (χ1v) is 10.5. The Morgan fingerprint density at radius 1 is 1.22 bits per heavy atom. The molecule has 2 aliphatic carbocycles. The smallest absolute Gasteiger partial charge is 0.223 e. The third-order valence-electron chi connectivity index (χ3n) is 7.15. The van der Waals surface area contributed by atoms with E-state index in [-0.39, 0.29) is 17.9 Å². The number of rotatable bonds is 4. The van der Waals surface area contributed by atoms with E-state index >= 15 is 0 Å². The number of carbonyl (C=O) groups excluding carboxylic acids is 1. The first kappa shape index (κ1) is 17.2. The van der Waals surface area contributed by atoms with Gasteiger partial charge in [-0.2, -0.15) is 5.10 Å². The molecule has 3 aliphatic rings. The third-order valence-corrected chi connectivity index (χ3v) is 7.15. The summed E-state index contributed by atoms with van der Waals surface area (Å²) >= 11 is 0. The number of nitrogens with one attached hydrogen (secondary N) is 1. The first-order chi connectivity index (χ1) is 13.1. The minimum Gasteiger partial charge on any atom is -0.356 e. The number of nitrogens with two attached hydrogens (primary N) is 1. The molecule has 1 amide bonds. The Morgan fingerprint density at radius 2 is 2.04 bits per heavy atom. The summed E-state index contributed by atoms with van der Waals surface area (Å²) in [5.74, 6) is 0.722. The molecule has 3 fully saturated rings. The van der Waals surface area contributed by atoms with Crippen molar-refractivity contribution in [2.45, 2.75) is 63.8 Å². The van der Waals surface area contributed by atoms with Crippen LogP contribution in [0.25, 0.3) is 5.65 Å². The Morgan fingerprint density at radius 3 is 2.78 bits per heavy atom. The van der Waals surface area contributed by atoms with Crippen molar-refractivity contribution in [3.05, 3.63) is 29.7 Å². The highest BCUT2D eigenvalue weighted by Gasteiger charge is 2.45. The molecule has 2 saturated carbocycles. The van der Waals surface area contributed by atoms with Crippen molar-refractivity contribution in [1.29, 1.82) is 0 Å². The lowest BCUT2D eigenvalue weighted by Crippen LogP contribution is -2.37. The molecule has 2 atom stereocenters. The van der Waals surface area contributed by atoms with Gasteiger partial charge in [-0.05, 0) is 74.8 Å². The van der Waals surface area contributed by atoms with Crippen LogP contribution < -0.4 is 11.1 Å². The van der Waals surface area contributed by atoms with E-state index in [2.05, 4.69) is 5.32 Å². The lowest BCUT2D eigenvalue weighted by Gasteiger charge is -2.31. The molecule has 0 radical (unpaired) electrons. The number of hydrogen-bond donors (Lipinski definition) is 2. The maximum Gasteiger partial charge on any atom is 0.223 e. The lowest BCUT2D eigenvalue weighted by molar-refractivity contribution is -0.126. The van der Waals surface area contributed by atoms with E-state index in [1.165, 1.54) is 38.5 Å². The van der Waals surface area contributed by atoms with Crippen LogP contribution in [0.2, 0.25) is 0 Å². The number of piperidine rings is 1. The van der Waals surface area contributed by atoms with Crippen LogP contribution in [0, 0.1) is 17.3 Å². The van der Waals surface area contributed by atoms with Gasteiger partial charge in [0.2, 0.25) is 5.91 Å². The maximum atomic E-state index is 12.0. The average molecular weight is 367 g/mol. The average Bonchev–Trinajstić information content (AvgIpc) is 3.29. The summed E-state index contributed by atoms with van der Waals surface area (Å²) in [6, 6.07) is 3.99. The van der Waals surface area contributed by atoms with Crippen molar-refractivity contribution >= 4 is 11.6 Å². The number of amides is 1. The van der Waals surface area contributed by atoms with E-state index in [1.54, 1.807) is 0 Å². The van der Waals surface area contributed by atoms with E-state index in [4.69, 9.17) is 15.8 Å². The summed E-state index contributed by atoms with van der Waals surface area (Å²) in [5.41, 5.74) is 10.0. The second-order valence-corrected chi connectivity index (χ2v) is 8.99. The molecule has 144 valence electrons. The van der Waals surface area contributed by atoms with Gasteiger partial charge in [0.05, 0.1) is 23.6 Å². The van der Waals surface area contributed by atoms with Crippen molar-refractivity contribution in [2.24, 2.45) is 23.0 Å². The molecular weight excluding hydrogens is 338 g/mol. The van der Waals surface area contributed by atoms with Gasteiger partial charge >= 0.3 is 0 Å². The fraction of sp³-hybridized carbons (Fsp3) is 0.667. The van der Waals surface area contributed by atoms with Crippen molar-refractivity contribution < 1.29 is 4.79 Å². The highest BCUT2D eigenvalue weighted by Crippen LogP contribution is 2.58. The van der Waals surface area contributed by atoms with Crippen LogP contribution >= 0.6 is 0 Å². The second kappa shape index (κ2) is 6.59. The highest BCUT2D eigenvalue weighted by atomic mass is 16.1. The Hall–Kier alpha value is -1.95. The molecule has 1 saturated heterocycles. The monoisotopic (exact) mass is 367 g/mol. The van der Waals surface area contributed by atoms with Gasteiger partial charge in [0, 0.05) is 18.9 Å². The second-order valence-electron chi connectivity index (χ2n) is 8.99. The van der Waals surface area contributed by atoms with Crippen molar-refractivity contribution in [3.63, 3.8) is 0 Å². The van der Waals surface area contributed by atoms with E-state index < -0.39 is 0 Å². The van der Waals surface area contributed by atoms with Gasteiger partial charge in [-0.15, -0.1) is 0 Å². The molecule has 3 heterocycles. The van der Waals surface area contributed by atoms with Gasteiger partial charge in [0.1, 0.15) is 0 Å². The zero-order chi connectivity index (χ0) is 18.4. The number of carbonyl (C=O) groups is 1. The Balaban J connectivity index is 1.30. The highest BCUT2D eigenvalue weighted by molar-refractivity contribution is 5.79. The number of nitrogens with zero attached hydrogens (tertiary/aromatic N) is 3. The standard InChI is InChI=1S/C21H29N5O/c22-19(14-5-7-21(8-6-14)9-10-21)17-13-26-18(24-17)4-3-16(25-26)12-15-2-1-11-23-20(15)27/h3-4,13-15,19H,1-2,5-12,22H2,(H,23,27). The molecule has 2 unspecified atom stereocenters. The largest absolute Gasteiger partial charge is 0.356 e. The molecule has 2 aromatic heterocycles. The quantitative estimate of drug-likeness (QED) is 0.870. The number of fused-ring (bicyclic) bond motifs is 1. The molecule has 5 rings (SSSR count). The van der Waals surface area contributed by atoms with E-state index in [0.29, 0.717) is 17.8 Å². The predicted octanol–water partition coefficient (Wildman–Crippen LogP) is 2.77. The topological polar surface area (TPSA) is 85.3 Å². The van der Waals surface area contributed by atoms with Gasteiger partial charge in [-0.25, -0.2) is 9.50 Å². The first-order valence-electron chi connectivity index (χ1n) is 10.5. The fourth-order valence-electron chi connectivity index (χ4n) is 5.02. The normalized spacial score (nSPS) is 26.3. The van der Waals surface area contributed by atoms with Gasteiger partial charge < -0.3 is 11.1 Å². The summed E-state index contributed by atoms with van der Waals surface area (Å²) in [7, 11) is 0. The van der Waals surface area contributed by atoms with Crippen molar-refractivity contribution in [3.8, 4) is 0 Å². The minimum atomic E-state index is -0.00428. The van der Waals surface area contributed by atoms with Gasteiger partial charge in [-0.1, -0.05) is 0 Å². The van der Waals surface area contributed by atoms with Crippen LogP contribution in [0.5, 0.6) is 0 Å². The van der Waals surface area contributed by atoms with Crippen LogP contribution in [0.3, 0.4) is 0 Å². The molecule has 1 aliphatic heterocycles. The van der Waals surface area contributed by atoms with Gasteiger partial charge in [0.15, 0.2) is 5.65 Å². The van der Waals surface area contributed by atoms with Crippen LogP contribution in [0.15, 0.2) is 18.3 Å². The van der Waals surface area contributed by atoms with Crippen LogP contribution in [-0.2, 0) is 11.2 Å². The Bertz CT molecular complexity index is 845. The molecule has 2 aromatic rings. The molecule has 6 heteroatoms. The molecule has 0 bridgehead atoms. The fourth-order valence-corrected chi connectivity index (χ4v) is 5.02. The summed E-state index contributed by atoms with van der Waals surface area (Å²) < 4.78 is 1.84. The number of hydrogen-bond acceptors (Lipinski definition) is 4. The molecule has 1 spiro atoms. The summed E-state index contributed by atoms with van der Waals surface area (Å²) in [4.78, 5) is 16.7. The molecule has 27 heavy (non-hydrogen) atoms. The van der Waals surface area contributed by atoms with E-state index in [9.17, 15) is 4.79 Å². The van der Waals surface area contributed by atoms with Gasteiger partial charge in [-0.3, -0.25) is 4.79 Å². The molecule has 3 N–H and O–H groups in total. The molecule has 6 nitrogen and oxygen atoms in total. The SMILES string of the molecule is NC(c1cn2nc(CC3CCCNC3=O)ccc2n1)C1CCC2(CC1)CC2. The predicted molar refractivity (Wildman–Crippen MR) is 103 cm³/mol. The van der Waals surface area contributed by atoms with Gasteiger partial charge in [0.25, 0.3) is 0 Å². The van der Waals surface area contributed by atoms with Crippen LogP contribution in [0.4, 0.5) is 0 Å². The minimum absolute atomic E-state index is 0.00428. The van der Waals surface area contributed by atoms with E-state index in [0.717, 1.165) is 36.4 Å². The lowest BCUT2D eigenvalue weighted by atomic mass is 9.76. The van der Waals surface area contributed by atoms with Crippen molar-refractivity contribution in [1.82, 2.24) is 19.9 Å². The summed E-state index contributed by atoms with van der Waals surface area (Å²) in [5, 5.41) is 7.66. The Kier molecular flexibility index (Phi) is 4.19. The van der Waals surface area contributed by atoms with Crippen LogP contribution in [-0.4, -0.2) is 27.0 Å². The zero-order valence-corrected chi connectivity index (χ0v) is 15.9. The summed E-state index contributed by atoms with van der Waals surface area (Å²) in [6.07, 6.45) is 12.6. The number of imidazole rings is 1. The van der Waals surface area contributed by atoms with Crippen molar-refractivity contribution in [2.75, 3.05) is 6.54 Å². The summed E-state index contributed by atoms with van der Waals surface area (Å²) in [6.45, 7) is 0.798. The van der Waals surface area contributed by atoms with E-state index in [1.807, 2.05) is 22.8 Å². The zero-order valence-electron chi connectivity index (χ0n) is 15.9. The van der Waals surface area contributed by atoms with Crippen LogP contribution in [0.1, 0.15) is 68.8 Å². The number of aromatic nitrogens is 3.